The van der Waals surface area contributed by atoms with Crippen LogP contribution in [-0.4, -0.2) is 18.1 Å². The monoisotopic (exact) mass is 294 g/mol. The SMILES string of the molecule is CCCCCCOCc1cccc([N+](=O)[O-])c1NCCC. The Morgan fingerprint density at radius 1 is 1.19 bits per heavy atom. The van der Waals surface area contributed by atoms with Crippen LogP contribution < -0.4 is 5.32 Å². The van der Waals surface area contributed by atoms with Crippen molar-refractivity contribution >= 4 is 11.4 Å². The van der Waals surface area contributed by atoms with Crippen molar-refractivity contribution in [3.63, 3.8) is 0 Å². The molecule has 5 heteroatoms. The highest BCUT2D eigenvalue weighted by Gasteiger charge is 2.16. The Labute approximate surface area is 126 Å². The molecule has 0 fully saturated rings. The third-order valence-electron chi connectivity index (χ3n) is 3.28. The molecule has 0 radical (unpaired) electrons. The first kappa shape index (κ1) is 17.4. The molecular formula is C16H26N2O3. The van der Waals surface area contributed by atoms with Crippen LogP contribution in [0.1, 0.15) is 51.5 Å². The van der Waals surface area contributed by atoms with E-state index in [1.54, 1.807) is 6.07 Å². The van der Waals surface area contributed by atoms with Crippen LogP contribution in [0.2, 0.25) is 0 Å². The van der Waals surface area contributed by atoms with Crippen LogP contribution in [0, 0.1) is 10.1 Å². The zero-order valence-electron chi connectivity index (χ0n) is 13.1. The van der Waals surface area contributed by atoms with Gasteiger partial charge in [-0.05, 0) is 12.8 Å². The smallest absolute Gasteiger partial charge is 0.292 e. The number of hydrogen-bond acceptors (Lipinski definition) is 4. The van der Waals surface area contributed by atoms with Crippen molar-refractivity contribution in [2.75, 3.05) is 18.5 Å². The second-order valence-corrected chi connectivity index (χ2v) is 5.11. The number of rotatable bonds is 11. The van der Waals surface area contributed by atoms with Gasteiger partial charge in [-0.3, -0.25) is 10.1 Å². The molecule has 0 aliphatic heterocycles. The number of unbranched alkanes of at least 4 members (excludes halogenated alkanes) is 3. The molecule has 0 aliphatic rings. The number of para-hydroxylation sites is 1. The summed E-state index contributed by atoms with van der Waals surface area (Å²) >= 11 is 0. The molecule has 0 unspecified atom stereocenters. The molecule has 0 saturated carbocycles. The maximum atomic E-state index is 11.1. The normalized spacial score (nSPS) is 10.6. The first-order valence-electron chi connectivity index (χ1n) is 7.78. The first-order valence-corrected chi connectivity index (χ1v) is 7.78. The van der Waals surface area contributed by atoms with Crippen molar-refractivity contribution < 1.29 is 9.66 Å². The summed E-state index contributed by atoms with van der Waals surface area (Å²) in [6.07, 6.45) is 5.57. The predicted octanol–water partition coefficient (Wildman–Crippen LogP) is 4.51. The molecule has 0 atom stereocenters. The molecule has 5 nitrogen and oxygen atoms in total. The van der Waals surface area contributed by atoms with Gasteiger partial charge in [-0.25, -0.2) is 0 Å². The number of nitro benzene ring substituents is 1. The van der Waals surface area contributed by atoms with Crippen molar-refractivity contribution in [2.24, 2.45) is 0 Å². The lowest BCUT2D eigenvalue weighted by molar-refractivity contribution is -0.384. The molecule has 0 amide bonds. The molecule has 118 valence electrons. The molecule has 0 aliphatic carbocycles. The minimum Gasteiger partial charge on any atom is -0.379 e. The van der Waals surface area contributed by atoms with E-state index in [1.807, 2.05) is 13.0 Å². The quantitative estimate of drug-likeness (QED) is 0.370. The predicted molar refractivity (Wildman–Crippen MR) is 85.7 cm³/mol. The van der Waals surface area contributed by atoms with Crippen molar-refractivity contribution in [3.8, 4) is 0 Å². The number of nitrogens with zero attached hydrogens (tertiary/aromatic N) is 1. The van der Waals surface area contributed by atoms with Gasteiger partial charge in [-0.15, -0.1) is 0 Å². The van der Waals surface area contributed by atoms with Gasteiger partial charge >= 0.3 is 0 Å². The average molecular weight is 294 g/mol. The van der Waals surface area contributed by atoms with Crippen LogP contribution in [0.25, 0.3) is 0 Å². The molecule has 0 aromatic heterocycles. The minimum atomic E-state index is -0.345. The zero-order chi connectivity index (χ0) is 15.5. The Balaban J connectivity index is 2.62. The minimum absolute atomic E-state index is 0.121. The maximum absolute atomic E-state index is 11.1. The largest absolute Gasteiger partial charge is 0.379 e. The average Bonchev–Trinajstić information content (AvgIpc) is 2.48. The highest BCUT2D eigenvalue weighted by Crippen LogP contribution is 2.28. The molecule has 21 heavy (non-hydrogen) atoms. The fraction of sp³-hybridized carbons (Fsp3) is 0.625. The van der Waals surface area contributed by atoms with Gasteiger partial charge in [0.15, 0.2) is 0 Å². The topological polar surface area (TPSA) is 64.4 Å². The van der Waals surface area contributed by atoms with Gasteiger partial charge < -0.3 is 10.1 Å². The van der Waals surface area contributed by atoms with Gasteiger partial charge in [-0.2, -0.15) is 0 Å². The third-order valence-corrected chi connectivity index (χ3v) is 3.28. The van der Waals surface area contributed by atoms with Crippen LogP contribution in [0.15, 0.2) is 18.2 Å². The lowest BCUT2D eigenvalue weighted by Crippen LogP contribution is -2.07. The third kappa shape index (κ3) is 6.12. The number of benzene rings is 1. The van der Waals surface area contributed by atoms with Gasteiger partial charge in [-0.1, -0.05) is 45.2 Å². The Kier molecular flexibility index (Phi) is 8.43. The molecule has 1 rings (SSSR count). The molecule has 0 spiro atoms. The molecule has 1 aromatic carbocycles. The van der Waals surface area contributed by atoms with Gasteiger partial charge in [0.05, 0.1) is 11.5 Å². The fourth-order valence-electron chi connectivity index (χ4n) is 2.13. The van der Waals surface area contributed by atoms with Gasteiger partial charge in [0.25, 0.3) is 5.69 Å². The van der Waals surface area contributed by atoms with Crippen LogP contribution in [-0.2, 0) is 11.3 Å². The van der Waals surface area contributed by atoms with Gasteiger partial charge in [0.1, 0.15) is 5.69 Å². The number of anilines is 1. The molecular weight excluding hydrogens is 268 g/mol. The van der Waals surface area contributed by atoms with E-state index >= 15 is 0 Å². The Hall–Kier alpha value is -1.62. The number of ether oxygens (including phenoxy) is 1. The van der Waals surface area contributed by atoms with E-state index in [1.165, 1.54) is 25.3 Å². The molecule has 0 heterocycles. The molecule has 0 bridgehead atoms. The lowest BCUT2D eigenvalue weighted by atomic mass is 10.1. The Bertz CT molecular complexity index is 436. The van der Waals surface area contributed by atoms with Crippen LogP contribution >= 0.6 is 0 Å². The Morgan fingerprint density at radius 2 is 2.00 bits per heavy atom. The second-order valence-electron chi connectivity index (χ2n) is 5.11. The van der Waals surface area contributed by atoms with E-state index in [2.05, 4.69) is 12.2 Å². The van der Waals surface area contributed by atoms with Crippen molar-refractivity contribution in [3.05, 3.63) is 33.9 Å². The summed E-state index contributed by atoms with van der Waals surface area (Å²) in [7, 11) is 0. The summed E-state index contributed by atoms with van der Waals surface area (Å²) in [6, 6.07) is 5.13. The molecule has 0 saturated heterocycles. The highest BCUT2D eigenvalue weighted by atomic mass is 16.6. The van der Waals surface area contributed by atoms with Crippen LogP contribution in [0.4, 0.5) is 11.4 Å². The van der Waals surface area contributed by atoms with E-state index in [0.717, 1.165) is 18.4 Å². The van der Waals surface area contributed by atoms with E-state index < -0.39 is 0 Å². The van der Waals surface area contributed by atoms with E-state index in [4.69, 9.17) is 4.74 Å². The number of nitrogens with one attached hydrogen (secondary N) is 1. The standard InChI is InChI=1S/C16H26N2O3/c1-3-5-6-7-12-21-13-14-9-8-10-15(18(19)20)16(14)17-11-4-2/h8-10,17H,3-7,11-13H2,1-2H3. The van der Waals surface area contributed by atoms with Crippen LogP contribution in [0.5, 0.6) is 0 Å². The van der Waals surface area contributed by atoms with E-state index in [-0.39, 0.29) is 10.6 Å². The first-order chi connectivity index (χ1) is 10.2. The number of hydrogen-bond donors (Lipinski definition) is 1. The zero-order valence-corrected chi connectivity index (χ0v) is 13.1. The lowest BCUT2D eigenvalue weighted by Gasteiger charge is -2.12. The fourth-order valence-corrected chi connectivity index (χ4v) is 2.13. The number of nitro groups is 1. The summed E-state index contributed by atoms with van der Waals surface area (Å²) in [5, 5.41) is 14.3. The summed E-state index contributed by atoms with van der Waals surface area (Å²) < 4.78 is 5.66. The van der Waals surface area contributed by atoms with Crippen molar-refractivity contribution in [1.82, 2.24) is 0 Å². The Morgan fingerprint density at radius 3 is 2.67 bits per heavy atom. The summed E-state index contributed by atoms with van der Waals surface area (Å²) in [6.45, 7) is 6.05. The molecule has 1 aromatic rings. The van der Waals surface area contributed by atoms with Crippen LogP contribution in [0.3, 0.4) is 0 Å². The maximum Gasteiger partial charge on any atom is 0.292 e. The summed E-state index contributed by atoms with van der Waals surface area (Å²) in [4.78, 5) is 10.8. The van der Waals surface area contributed by atoms with Crippen molar-refractivity contribution in [1.29, 1.82) is 0 Å². The molecule has 1 N–H and O–H groups in total. The van der Waals surface area contributed by atoms with Gasteiger partial charge in [0, 0.05) is 24.8 Å². The second kappa shape index (κ2) is 10.2. The summed E-state index contributed by atoms with van der Waals surface area (Å²) in [5.74, 6) is 0. The van der Waals surface area contributed by atoms with E-state index in [9.17, 15) is 10.1 Å². The highest BCUT2D eigenvalue weighted by molar-refractivity contribution is 5.66. The van der Waals surface area contributed by atoms with Crippen molar-refractivity contribution in [2.45, 2.75) is 52.6 Å². The van der Waals surface area contributed by atoms with Gasteiger partial charge in [0.2, 0.25) is 0 Å². The summed E-state index contributed by atoms with van der Waals surface area (Å²) in [5.41, 5.74) is 1.57. The van der Waals surface area contributed by atoms with E-state index in [0.29, 0.717) is 25.4 Å².